The summed E-state index contributed by atoms with van der Waals surface area (Å²) >= 11 is 0. The van der Waals surface area contributed by atoms with E-state index in [1.165, 1.54) is 6.08 Å². The smallest absolute Gasteiger partial charge is 0.148 e. The average Bonchev–Trinajstić information content (AvgIpc) is 1.77. The standard InChI is InChI=1S/C6H12NO.ClHO4/c1-7(2,3)5-4-6-8;2-1(3,4)5/h4-6H,1-3H3;(H,2,3,4,5)/q+1;/p-1/b5-4+;. The van der Waals surface area contributed by atoms with Crippen molar-refractivity contribution in [1.82, 2.24) is 0 Å². The minimum absolute atomic E-state index is 0.693. The van der Waals surface area contributed by atoms with Crippen LogP contribution in [0.4, 0.5) is 0 Å². The van der Waals surface area contributed by atoms with Crippen LogP contribution < -0.4 is 18.6 Å². The lowest BCUT2D eigenvalue weighted by molar-refractivity contribution is -2.00. The van der Waals surface area contributed by atoms with Gasteiger partial charge in [0.25, 0.3) is 0 Å². The molecule has 0 N–H and O–H groups in total. The van der Waals surface area contributed by atoms with Crippen LogP contribution >= 0.6 is 0 Å². The molecule has 0 aliphatic heterocycles. The molecule has 13 heavy (non-hydrogen) atoms. The molecule has 0 aromatic heterocycles. The fourth-order valence-electron chi connectivity index (χ4n) is 0.293. The lowest BCUT2D eigenvalue weighted by Crippen LogP contribution is -2.68. The Morgan fingerprint density at radius 1 is 1.08 bits per heavy atom. The van der Waals surface area contributed by atoms with E-state index in [0.717, 1.165) is 6.29 Å². The topological polar surface area (TPSA) is 109 Å². The second-order valence-corrected chi connectivity index (χ2v) is 3.73. The lowest BCUT2D eigenvalue weighted by atomic mass is 10.6. The van der Waals surface area contributed by atoms with Gasteiger partial charge in [0, 0.05) is 6.08 Å². The van der Waals surface area contributed by atoms with Gasteiger partial charge in [0.05, 0.1) is 27.3 Å². The van der Waals surface area contributed by atoms with Gasteiger partial charge in [-0.2, -0.15) is 0 Å². The molecule has 0 aromatic rings. The molecule has 6 nitrogen and oxygen atoms in total. The van der Waals surface area contributed by atoms with Gasteiger partial charge in [0.1, 0.15) is 6.29 Å². The van der Waals surface area contributed by atoms with Crippen molar-refractivity contribution in [2.24, 2.45) is 0 Å². The molecule has 0 bridgehead atoms. The molecular formula is C6H12ClNO5. The van der Waals surface area contributed by atoms with Crippen molar-refractivity contribution in [3.8, 4) is 0 Å². The van der Waals surface area contributed by atoms with Crippen molar-refractivity contribution in [3.63, 3.8) is 0 Å². The Balaban J connectivity index is 0. The van der Waals surface area contributed by atoms with E-state index in [2.05, 4.69) is 0 Å². The van der Waals surface area contributed by atoms with Crippen LogP contribution in [0, 0.1) is 10.2 Å². The molecule has 0 fully saturated rings. The number of nitrogens with zero attached hydrogens (tertiary/aromatic N) is 1. The van der Waals surface area contributed by atoms with Gasteiger partial charge >= 0.3 is 0 Å². The molecule has 0 spiro atoms. The maximum Gasteiger partial charge on any atom is 0.148 e. The van der Waals surface area contributed by atoms with Crippen molar-refractivity contribution in [3.05, 3.63) is 12.3 Å². The van der Waals surface area contributed by atoms with Gasteiger partial charge < -0.3 is 4.48 Å². The number of hydrogen-bond donors (Lipinski definition) is 0. The van der Waals surface area contributed by atoms with Crippen LogP contribution in [0.2, 0.25) is 0 Å². The summed E-state index contributed by atoms with van der Waals surface area (Å²) in [4.78, 5) is 9.75. The second kappa shape index (κ2) is 6.03. The van der Waals surface area contributed by atoms with E-state index >= 15 is 0 Å². The molecule has 0 aliphatic carbocycles. The molecular weight excluding hydrogens is 202 g/mol. The van der Waals surface area contributed by atoms with Crippen LogP contribution in [0.15, 0.2) is 12.3 Å². The Bertz CT molecular complexity index is 163. The molecule has 0 amide bonds. The van der Waals surface area contributed by atoms with Crippen molar-refractivity contribution in [2.75, 3.05) is 21.1 Å². The van der Waals surface area contributed by atoms with Gasteiger partial charge in [-0.05, 0) is 0 Å². The van der Waals surface area contributed by atoms with E-state index < -0.39 is 10.2 Å². The fourth-order valence-corrected chi connectivity index (χ4v) is 0.293. The molecule has 0 aliphatic rings. The minimum atomic E-state index is -4.94. The summed E-state index contributed by atoms with van der Waals surface area (Å²) in [6, 6.07) is 0. The molecule has 0 aromatic carbocycles. The summed E-state index contributed by atoms with van der Waals surface area (Å²) in [7, 11) is 1.01. The first-order valence-electron chi connectivity index (χ1n) is 3.12. The summed E-state index contributed by atoms with van der Waals surface area (Å²) in [6.07, 6.45) is 4.09. The number of rotatable bonds is 2. The largest absolute Gasteiger partial charge is 0.304 e. The fraction of sp³-hybridized carbons (Fsp3) is 0.500. The number of allylic oxidation sites excluding steroid dienone is 1. The first kappa shape index (κ1) is 15.0. The Labute approximate surface area is 78.6 Å². The first-order chi connectivity index (χ1) is 5.56. The zero-order valence-electron chi connectivity index (χ0n) is 7.60. The number of hydrogen-bond acceptors (Lipinski definition) is 5. The molecule has 0 atom stereocenters. The Kier molecular flexibility index (Phi) is 6.96. The van der Waals surface area contributed by atoms with Gasteiger partial charge in [0.2, 0.25) is 0 Å². The highest BCUT2D eigenvalue weighted by atomic mass is 35.7. The van der Waals surface area contributed by atoms with E-state index in [9.17, 15) is 4.79 Å². The Morgan fingerprint density at radius 3 is 1.46 bits per heavy atom. The molecule has 0 unspecified atom stereocenters. The van der Waals surface area contributed by atoms with Crippen LogP contribution in [0.5, 0.6) is 0 Å². The van der Waals surface area contributed by atoms with Crippen molar-refractivity contribution in [1.29, 1.82) is 0 Å². The molecule has 7 heteroatoms. The number of quaternary nitrogens is 1. The number of aldehydes is 1. The molecule has 0 saturated heterocycles. The normalized spacial score (nSPS) is 12.2. The van der Waals surface area contributed by atoms with Crippen LogP contribution in [0.25, 0.3) is 0 Å². The van der Waals surface area contributed by atoms with Crippen molar-refractivity contribution >= 4 is 6.29 Å². The van der Waals surface area contributed by atoms with Gasteiger partial charge in [-0.15, -0.1) is 10.2 Å². The molecule has 0 heterocycles. The summed E-state index contributed by atoms with van der Waals surface area (Å²) in [5.41, 5.74) is 0. The lowest BCUT2D eigenvalue weighted by Gasteiger charge is -2.17. The number of halogens is 1. The molecule has 0 saturated carbocycles. The summed E-state index contributed by atoms with van der Waals surface area (Å²) in [5, 5.41) is 0. The summed E-state index contributed by atoms with van der Waals surface area (Å²) in [6.45, 7) is 0. The van der Waals surface area contributed by atoms with Gasteiger partial charge in [-0.25, -0.2) is 18.6 Å². The third-order valence-corrected chi connectivity index (χ3v) is 0.612. The molecule has 78 valence electrons. The third kappa shape index (κ3) is 51.3. The van der Waals surface area contributed by atoms with Crippen molar-refractivity contribution < 1.29 is 38.2 Å². The van der Waals surface area contributed by atoms with E-state index in [-0.39, 0.29) is 0 Å². The van der Waals surface area contributed by atoms with E-state index in [1.807, 2.05) is 27.3 Å². The Hall–Kier alpha value is -0.500. The number of carbonyl (C=O) groups is 1. The van der Waals surface area contributed by atoms with Gasteiger partial charge in [-0.1, -0.05) is 0 Å². The zero-order valence-corrected chi connectivity index (χ0v) is 8.35. The summed E-state index contributed by atoms with van der Waals surface area (Å²) < 4.78 is 34.7. The predicted octanol–water partition coefficient (Wildman–Crippen LogP) is -4.35. The monoisotopic (exact) mass is 213 g/mol. The van der Waals surface area contributed by atoms with E-state index in [1.54, 1.807) is 0 Å². The molecule has 0 radical (unpaired) electrons. The van der Waals surface area contributed by atoms with Crippen molar-refractivity contribution in [2.45, 2.75) is 0 Å². The maximum absolute atomic E-state index is 9.75. The van der Waals surface area contributed by atoms with E-state index in [4.69, 9.17) is 18.6 Å². The highest BCUT2D eigenvalue weighted by Crippen LogP contribution is 1.88. The van der Waals surface area contributed by atoms with Gasteiger partial charge in [-0.3, -0.25) is 4.79 Å². The quantitative estimate of drug-likeness (QED) is 0.262. The maximum atomic E-state index is 9.75. The highest BCUT2D eigenvalue weighted by Gasteiger charge is 1.96. The predicted molar refractivity (Wildman–Crippen MR) is 33.2 cm³/mol. The van der Waals surface area contributed by atoms with Crippen LogP contribution in [0.1, 0.15) is 0 Å². The number of carbonyl (C=O) groups excluding carboxylic acids is 1. The summed E-state index contributed by atoms with van der Waals surface area (Å²) in [5.74, 6) is 0. The zero-order chi connectivity index (χ0) is 11.1. The van der Waals surface area contributed by atoms with Gasteiger partial charge in [0.15, 0.2) is 0 Å². The second-order valence-electron chi connectivity index (χ2n) is 2.97. The third-order valence-electron chi connectivity index (χ3n) is 0.612. The highest BCUT2D eigenvalue weighted by molar-refractivity contribution is 5.63. The van der Waals surface area contributed by atoms with Crippen LogP contribution in [0.3, 0.4) is 0 Å². The Morgan fingerprint density at radius 2 is 1.38 bits per heavy atom. The molecule has 0 rings (SSSR count). The SMILES string of the molecule is C[N+](C)(C)/C=C/C=O.[O-][Cl+3]([O-])([O-])[O-]. The average molecular weight is 214 g/mol. The first-order valence-corrected chi connectivity index (χ1v) is 4.35. The van der Waals surface area contributed by atoms with Crippen LogP contribution in [-0.4, -0.2) is 31.9 Å². The van der Waals surface area contributed by atoms with E-state index in [0.29, 0.717) is 4.48 Å². The van der Waals surface area contributed by atoms with Crippen LogP contribution in [-0.2, 0) is 4.79 Å². The minimum Gasteiger partial charge on any atom is -0.304 e.